The number of nitrogens with one attached hydrogen (secondary N) is 1. The molecule has 21 heavy (non-hydrogen) atoms. The Labute approximate surface area is 123 Å². The molecule has 3 N–H and O–H groups in total. The summed E-state index contributed by atoms with van der Waals surface area (Å²) >= 11 is 0. The van der Waals surface area contributed by atoms with Crippen LogP contribution in [-0.2, 0) is 4.79 Å². The molecule has 0 saturated carbocycles. The fraction of sp³-hybridized carbons (Fsp3) is 0.500. The van der Waals surface area contributed by atoms with Crippen LogP contribution in [-0.4, -0.2) is 30.0 Å². The summed E-state index contributed by atoms with van der Waals surface area (Å²) in [4.78, 5) is 21.9. The number of hydrogen-bond acceptors (Lipinski definition) is 5. The van der Waals surface area contributed by atoms with Crippen LogP contribution in [0.1, 0.15) is 24.5 Å². The molecule has 116 valence electrons. The third-order valence-corrected chi connectivity index (χ3v) is 3.65. The number of benzene rings is 1. The number of nitro benzene ring substituents is 1. The quantitative estimate of drug-likeness (QED) is 0.584. The van der Waals surface area contributed by atoms with Gasteiger partial charge >= 0.3 is 0 Å². The Bertz CT molecular complexity index is 559. The lowest BCUT2D eigenvalue weighted by molar-refractivity contribution is -0.385. The highest BCUT2D eigenvalue weighted by Crippen LogP contribution is 2.28. The maximum absolute atomic E-state index is 11.4. The van der Waals surface area contributed by atoms with E-state index in [9.17, 15) is 14.9 Å². The van der Waals surface area contributed by atoms with E-state index in [1.54, 1.807) is 27.0 Å². The fourth-order valence-corrected chi connectivity index (χ4v) is 1.91. The minimum Gasteiger partial charge on any atom is -0.493 e. The van der Waals surface area contributed by atoms with Gasteiger partial charge in [-0.05, 0) is 39.4 Å². The number of hydrogen-bond donors (Lipinski definition) is 2. The molecule has 1 rings (SSSR count). The Balaban J connectivity index is 2.83. The van der Waals surface area contributed by atoms with Gasteiger partial charge in [-0.25, -0.2) is 0 Å². The number of likely N-dealkylation sites (N-methyl/N-ethyl adjacent to an activating group) is 1. The van der Waals surface area contributed by atoms with Gasteiger partial charge in [0.15, 0.2) is 0 Å². The van der Waals surface area contributed by atoms with Gasteiger partial charge in [0.1, 0.15) is 5.75 Å². The Hall–Kier alpha value is -2.15. The molecule has 0 aliphatic rings. The van der Waals surface area contributed by atoms with Crippen molar-refractivity contribution in [3.63, 3.8) is 0 Å². The Kier molecular flexibility index (Phi) is 5.26. The first kappa shape index (κ1) is 16.9. The lowest BCUT2D eigenvalue weighted by atomic mass is 9.98. The monoisotopic (exact) mass is 295 g/mol. The molecule has 0 spiro atoms. The van der Waals surface area contributed by atoms with E-state index in [2.05, 4.69) is 5.32 Å². The van der Waals surface area contributed by atoms with Gasteiger partial charge in [0, 0.05) is 12.0 Å². The highest BCUT2D eigenvalue weighted by atomic mass is 16.6. The number of rotatable bonds is 7. The maximum Gasteiger partial charge on any atom is 0.276 e. The first-order valence-electron chi connectivity index (χ1n) is 6.58. The molecular formula is C14H21N3O4. The van der Waals surface area contributed by atoms with E-state index in [1.165, 1.54) is 6.07 Å². The van der Waals surface area contributed by atoms with Gasteiger partial charge in [-0.15, -0.1) is 0 Å². The summed E-state index contributed by atoms with van der Waals surface area (Å²) in [6.45, 7) is 5.40. The van der Waals surface area contributed by atoms with Crippen LogP contribution < -0.4 is 15.8 Å². The van der Waals surface area contributed by atoms with E-state index in [1.807, 2.05) is 6.92 Å². The molecule has 0 aliphatic heterocycles. The largest absolute Gasteiger partial charge is 0.493 e. The van der Waals surface area contributed by atoms with Crippen LogP contribution in [0.3, 0.4) is 0 Å². The molecule has 0 radical (unpaired) electrons. The standard InChI is InChI=1S/C14H21N3O4/c1-9-7-10(2)12(8-11(9)17(19)20)21-6-5-14(3,16-4)13(15)18/h7-8,16H,5-6H2,1-4H3,(H2,15,18). The summed E-state index contributed by atoms with van der Waals surface area (Å²) in [6.07, 6.45) is 0.361. The zero-order chi connectivity index (χ0) is 16.2. The van der Waals surface area contributed by atoms with Crippen molar-refractivity contribution in [3.8, 4) is 5.75 Å². The number of carbonyl (C=O) groups excluding carboxylic acids is 1. The average molecular weight is 295 g/mol. The highest BCUT2D eigenvalue weighted by molar-refractivity contribution is 5.84. The summed E-state index contributed by atoms with van der Waals surface area (Å²) in [5.41, 5.74) is 5.87. The maximum atomic E-state index is 11.4. The molecule has 1 aromatic rings. The normalized spacial score (nSPS) is 13.5. The molecule has 1 aromatic carbocycles. The molecule has 0 aliphatic carbocycles. The molecular weight excluding hydrogens is 274 g/mol. The van der Waals surface area contributed by atoms with Gasteiger partial charge in [0.25, 0.3) is 5.69 Å². The molecule has 0 heterocycles. The third kappa shape index (κ3) is 3.91. The highest BCUT2D eigenvalue weighted by Gasteiger charge is 2.28. The molecule has 1 unspecified atom stereocenters. The molecule has 7 nitrogen and oxygen atoms in total. The second kappa shape index (κ2) is 6.53. The number of nitro groups is 1. The van der Waals surface area contributed by atoms with Crippen LogP contribution in [0.15, 0.2) is 12.1 Å². The zero-order valence-electron chi connectivity index (χ0n) is 12.7. The van der Waals surface area contributed by atoms with Gasteiger partial charge in [0.2, 0.25) is 5.91 Å². The minimum atomic E-state index is -0.871. The Morgan fingerprint density at radius 2 is 2.05 bits per heavy atom. The van der Waals surface area contributed by atoms with E-state index < -0.39 is 16.4 Å². The topological polar surface area (TPSA) is 107 Å². The van der Waals surface area contributed by atoms with Crippen LogP contribution in [0.4, 0.5) is 5.69 Å². The smallest absolute Gasteiger partial charge is 0.276 e. The second-order valence-electron chi connectivity index (χ2n) is 5.21. The number of nitrogens with two attached hydrogens (primary N) is 1. The number of amides is 1. The Morgan fingerprint density at radius 3 is 2.52 bits per heavy atom. The first-order valence-corrected chi connectivity index (χ1v) is 6.58. The van der Waals surface area contributed by atoms with Crippen LogP contribution in [0.25, 0.3) is 0 Å². The van der Waals surface area contributed by atoms with E-state index in [-0.39, 0.29) is 12.3 Å². The number of aryl methyl sites for hydroxylation is 2. The summed E-state index contributed by atoms with van der Waals surface area (Å²) in [5.74, 6) is -0.0320. The number of nitrogens with zero attached hydrogens (tertiary/aromatic N) is 1. The van der Waals surface area contributed by atoms with Crippen molar-refractivity contribution >= 4 is 11.6 Å². The lowest BCUT2D eigenvalue weighted by Gasteiger charge is -2.25. The predicted octanol–water partition coefficient (Wildman–Crippen LogP) is 1.44. The summed E-state index contributed by atoms with van der Waals surface area (Å²) in [5, 5.41) is 13.8. The zero-order valence-corrected chi connectivity index (χ0v) is 12.7. The molecule has 0 bridgehead atoms. The molecule has 0 fully saturated rings. The van der Waals surface area contributed by atoms with Gasteiger partial charge in [-0.1, -0.05) is 0 Å². The summed E-state index contributed by atoms with van der Waals surface area (Å²) in [7, 11) is 1.65. The molecule has 0 saturated heterocycles. The Morgan fingerprint density at radius 1 is 1.43 bits per heavy atom. The average Bonchev–Trinajstić information content (AvgIpc) is 2.40. The van der Waals surface area contributed by atoms with Gasteiger partial charge < -0.3 is 15.8 Å². The molecule has 1 amide bonds. The van der Waals surface area contributed by atoms with Crippen LogP contribution >= 0.6 is 0 Å². The SMILES string of the molecule is CNC(C)(CCOc1cc([N+](=O)[O-])c(C)cc1C)C(N)=O. The van der Waals surface area contributed by atoms with Crippen LogP contribution in [0.5, 0.6) is 5.75 Å². The van der Waals surface area contributed by atoms with E-state index in [0.717, 1.165) is 5.56 Å². The van der Waals surface area contributed by atoms with Crippen molar-refractivity contribution < 1.29 is 14.5 Å². The lowest BCUT2D eigenvalue weighted by Crippen LogP contribution is -2.52. The fourth-order valence-electron chi connectivity index (χ4n) is 1.91. The van der Waals surface area contributed by atoms with Crippen LogP contribution in [0, 0.1) is 24.0 Å². The van der Waals surface area contributed by atoms with Crippen molar-refractivity contribution in [2.24, 2.45) is 5.73 Å². The van der Waals surface area contributed by atoms with Gasteiger partial charge in [0.05, 0.1) is 23.1 Å². The van der Waals surface area contributed by atoms with Crippen molar-refractivity contribution in [3.05, 3.63) is 33.4 Å². The third-order valence-electron chi connectivity index (χ3n) is 3.65. The number of ether oxygens (including phenoxy) is 1. The van der Waals surface area contributed by atoms with Crippen molar-refractivity contribution in [1.29, 1.82) is 0 Å². The summed E-state index contributed by atoms with van der Waals surface area (Å²) < 4.78 is 5.58. The van der Waals surface area contributed by atoms with Gasteiger partial charge in [-0.3, -0.25) is 14.9 Å². The number of carbonyl (C=O) groups is 1. The number of primary amides is 1. The molecule has 7 heteroatoms. The van der Waals surface area contributed by atoms with E-state index >= 15 is 0 Å². The van der Waals surface area contributed by atoms with Crippen LogP contribution in [0.2, 0.25) is 0 Å². The predicted molar refractivity (Wildman–Crippen MR) is 79.3 cm³/mol. The van der Waals surface area contributed by atoms with E-state index in [0.29, 0.717) is 17.7 Å². The van der Waals surface area contributed by atoms with Crippen molar-refractivity contribution in [2.75, 3.05) is 13.7 Å². The first-order chi connectivity index (χ1) is 9.71. The molecule has 0 aromatic heterocycles. The van der Waals surface area contributed by atoms with Crippen molar-refractivity contribution in [1.82, 2.24) is 5.32 Å². The van der Waals surface area contributed by atoms with E-state index in [4.69, 9.17) is 10.5 Å². The second-order valence-corrected chi connectivity index (χ2v) is 5.21. The van der Waals surface area contributed by atoms with Gasteiger partial charge in [-0.2, -0.15) is 0 Å². The summed E-state index contributed by atoms with van der Waals surface area (Å²) in [6, 6.07) is 3.12. The minimum absolute atomic E-state index is 0.0156. The van der Waals surface area contributed by atoms with Crippen molar-refractivity contribution in [2.45, 2.75) is 32.7 Å². The molecule has 1 atom stereocenters.